The number of carbonyl (C=O) groups excluding carboxylic acids is 1. The van der Waals surface area contributed by atoms with Crippen LogP contribution in [-0.2, 0) is 11.3 Å². The van der Waals surface area contributed by atoms with E-state index < -0.39 is 5.97 Å². The van der Waals surface area contributed by atoms with E-state index in [2.05, 4.69) is 25.8 Å². The zero-order valence-corrected chi connectivity index (χ0v) is 16.3. The van der Waals surface area contributed by atoms with Crippen molar-refractivity contribution < 1.29 is 19.0 Å². The summed E-state index contributed by atoms with van der Waals surface area (Å²) in [6, 6.07) is 12.6. The highest BCUT2D eigenvalue weighted by molar-refractivity contribution is 5.96. The van der Waals surface area contributed by atoms with Gasteiger partial charge in [-0.05, 0) is 29.8 Å². The predicted octanol–water partition coefficient (Wildman–Crippen LogP) is 3.03. The molecule has 0 unspecified atom stereocenters. The summed E-state index contributed by atoms with van der Waals surface area (Å²) >= 11 is 0. The first kappa shape index (κ1) is 19.9. The molecule has 0 bridgehead atoms. The highest BCUT2D eigenvalue weighted by atomic mass is 16.5. The molecule has 1 aromatic heterocycles. The highest BCUT2D eigenvalue weighted by Gasteiger charge is 2.12. The van der Waals surface area contributed by atoms with Crippen LogP contribution in [0.1, 0.15) is 15.9 Å². The molecule has 2 aromatic carbocycles. The summed E-state index contributed by atoms with van der Waals surface area (Å²) in [5.41, 5.74) is 1.92. The number of nitrogens with one attached hydrogen (secondary N) is 2. The highest BCUT2D eigenvalue weighted by Crippen LogP contribution is 2.27. The zero-order chi connectivity index (χ0) is 20.6. The van der Waals surface area contributed by atoms with Gasteiger partial charge in [-0.15, -0.1) is 5.10 Å². The minimum Gasteiger partial charge on any atom is -0.493 e. The van der Waals surface area contributed by atoms with E-state index in [-0.39, 0.29) is 0 Å². The smallest absolute Gasteiger partial charge is 0.339 e. The summed E-state index contributed by atoms with van der Waals surface area (Å²) in [5, 5.41) is 14.1. The van der Waals surface area contributed by atoms with Gasteiger partial charge in [0.15, 0.2) is 17.3 Å². The van der Waals surface area contributed by atoms with E-state index in [9.17, 15) is 4.79 Å². The predicted molar refractivity (Wildman–Crippen MR) is 108 cm³/mol. The minimum atomic E-state index is -0.443. The fraction of sp³-hybridized carbons (Fsp3) is 0.200. The molecule has 3 rings (SSSR count). The van der Waals surface area contributed by atoms with Crippen molar-refractivity contribution in [2.75, 3.05) is 32.0 Å². The van der Waals surface area contributed by atoms with Gasteiger partial charge in [0.1, 0.15) is 0 Å². The molecule has 0 radical (unpaired) electrons. The number of esters is 1. The molecule has 0 aliphatic carbocycles. The van der Waals surface area contributed by atoms with Crippen molar-refractivity contribution in [2.45, 2.75) is 6.54 Å². The standard InChI is InChI=1S/C20H21N5O4/c1-27-16-9-8-13(10-17(16)28-2)11-21-20-24-18(12-22-25-20)23-15-7-5-4-6-14(15)19(26)29-3/h4-10,12H,11H2,1-3H3,(H2,21,23,24,25). The van der Waals surface area contributed by atoms with E-state index in [1.807, 2.05) is 18.2 Å². The molecule has 29 heavy (non-hydrogen) atoms. The van der Waals surface area contributed by atoms with Crippen LogP contribution in [-0.4, -0.2) is 42.5 Å². The van der Waals surface area contributed by atoms with Crippen molar-refractivity contribution >= 4 is 23.4 Å². The van der Waals surface area contributed by atoms with Gasteiger partial charge in [-0.25, -0.2) is 4.79 Å². The number of hydrogen-bond acceptors (Lipinski definition) is 9. The summed E-state index contributed by atoms with van der Waals surface area (Å²) in [5.74, 6) is 1.62. The Bertz CT molecular complexity index is 996. The maximum atomic E-state index is 11.9. The van der Waals surface area contributed by atoms with Crippen LogP contribution in [0.4, 0.5) is 17.5 Å². The Morgan fingerprint density at radius 3 is 2.59 bits per heavy atom. The third-order valence-corrected chi connectivity index (χ3v) is 4.05. The number of methoxy groups -OCH3 is 3. The van der Waals surface area contributed by atoms with Crippen LogP contribution in [0.25, 0.3) is 0 Å². The second-order valence-corrected chi connectivity index (χ2v) is 5.87. The topological polar surface area (TPSA) is 107 Å². The van der Waals surface area contributed by atoms with Crippen LogP contribution < -0.4 is 20.1 Å². The molecule has 0 aliphatic rings. The van der Waals surface area contributed by atoms with Crippen LogP contribution in [0, 0.1) is 0 Å². The van der Waals surface area contributed by atoms with Gasteiger partial charge in [0.25, 0.3) is 0 Å². The van der Waals surface area contributed by atoms with Crippen molar-refractivity contribution in [3.8, 4) is 11.5 Å². The first-order valence-corrected chi connectivity index (χ1v) is 8.73. The molecule has 9 nitrogen and oxygen atoms in total. The monoisotopic (exact) mass is 395 g/mol. The van der Waals surface area contributed by atoms with E-state index in [4.69, 9.17) is 14.2 Å². The Morgan fingerprint density at radius 1 is 1.03 bits per heavy atom. The van der Waals surface area contributed by atoms with Crippen molar-refractivity contribution in [3.63, 3.8) is 0 Å². The molecule has 2 N–H and O–H groups in total. The van der Waals surface area contributed by atoms with Gasteiger partial charge in [-0.1, -0.05) is 18.2 Å². The zero-order valence-electron chi connectivity index (χ0n) is 16.3. The Hall–Kier alpha value is -3.88. The molecule has 3 aromatic rings. The molecule has 0 spiro atoms. The normalized spacial score (nSPS) is 10.2. The van der Waals surface area contributed by atoms with Crippen LogP contribution in [0.3, 0.4) is 0 Å². The number of aromatic nitrogens is 3. The molecule has 0 saturated carbocycles. The van der Waals surface area contributed by atoms with Crippen LogP contribution in [0.15, 0.2) is 48.7 Å². The molecule has 1 heterocycles. The summed E-state index contributed by atoms with van der Waals surface area (Å²) in [6.07, 6.45) is 1.47. The van der Waals surface area contributed by atoms with Gasteiger partial charge in [0.05, 0.1) is 38.8 Å². The second kappa shape index (κ2) is 9.36. The lowest BCUT2D eigenvalue weighted by Gasteiger charge is -2.11. The maximum Gasteiger partial charge on any atom is 0.339 e. The summed E-state index contributed by atoms with van der Waals surface area (Å²) in [7, 11) is 4.51. The average Bonchev–Trinajstić information content (AvgIpc) is 2.77. The van der Waals surface area contributed by atoms with Gasteiger partial charge in [-0.2, -0.15) is 10.1 Å². The summed E-state index contributed by atoms with van der Waals surface area (Å²) < 4.78 is 15.4. The van der Waals surface area contributed by atoms with Crippen molar-refractivity contribution in [3.05, 3.63) is 59.8 Å². The van der Waals surface area contributed by atoms with E-state index in [1.54, 1.807) is 38.5 Å². The Kier molecular flexibility index (Phi) is 6.41. The van der Waals surface area contributed by atoms with E-state index in [0.29, 0.717) is 41.1 Å². The maximum absolute atomic E-state index is 11.9. The third kappa shape index (κ3) is 4.89. The third-order valence-electron chi connectivity index (χ3n) is 4.05. The van der Waals surface area contributed by atoms with Crippen LogP contribution in [0.5, 0.6) is 11.5 Å². The fourth-order valence-corrected chi connectivity index (χ4v) is 2.63. The molecular weight excluding hydrogens is 374 g/mol. The van der Waals surface area contributed by atoms with Crippen LogP contribution in [0.2, 0.25) is 0 Å². The summed E-state index contributed by atoms with van der Waals surface area (Å²) in [6.45, 7) is 0.463. The van der Waals surface area contributed by atoms with Crippen molar-refractivity contribution in [1.29, 1.82) is 0 Å². The number of rotatable bonds is 8. The number of ether oxygens (including phenoxy) is 3. The van der Waals surface area contributed by atoms with Gasteiger partial charge in [-0.3, -0.25) is 0 Å². The molecule has 150 valence electrons. The Balaban J connectivity index is 1.72. The van der Waals surface area contributed by atoms with Gasteiger partial charge in [0.2, 0.25) is 5.95 Å². The lowest BCUT2D eigenvalue weighted by Crippen LogP contribution is -2.09. The average molecular weight is 395 g/mol. The lowest BCUT2D eigenvalue weighted by atomic mass is 10.2. The number of carbonyl (C=O) groups is 1. The SMILES string of the molecule is COC(=O)c1ccccc1Nc1cnnc(NCc2ccc(OC)c(OC)c2)n1. The number of para-hydroxylation sites is 1. The largest absolute Gasteiger partial charge is 0.493 e. The van der Waals surface area contributed by atoms with Crippen molar-refractivity contribution in [2.24, 2.45) is 0 Å². The quantitative estimate of drug-likeness (QED) is 0.556. The fourth-order valence-electron chi connectivity index (χ4n) is 2.63. The van der Waals surface area contributed by atoms with Gasteiger partial charge in [0, 0.05) is 6.54 Å². The van der Waals surface area contributed by atoms with E-state index >= 15 is 0 Å². The molecule has 9 heteroatoms. The minimum absolute atomic E-state index is 0.334. The number of anilines is 3. The van der Waals surface area contributed by atoms with E-state index in [0.717, 1.165) is 5.56 Å². The Morgan fingerprint density at radius 2 is 1.83 bits per heavy atom. The van der Waals surface area contributed by atoms with Crippen molar-refractivity contribution in [1.82, 2.24) is 15.2 Å². The molecule has 0 fully saturated rings. The number of nitrogens with zero attached hydrogens (tertiary/aromatic N) is 3. The van der Waals surface area contributed by atoms with E-state index in [1.165, 1.54) is 13.3 Å². The molecule has 0 aliphatic heterocycles. The molecule has 0 atom stereocenters. The molecule has 0 amide bonds. The molecule has 0 saturated heterocycles. The van der Waals surface area contributed by atoms with Gasteiger partial charge >= 0.3 is 5.97 Å². The van der Waals surface area contributed by atoms with Crippen LogP contribution >= 0.6 is 0 Å². The number of benzene rings is 2. The van der Waals surface area contributed by atoms with Gasteiger partial charge < -0.3 is 24.8 Å². The Labute approximate surface area is 168 Å². The number of hydrogen-bond donors (Lipinski definition) is 2. The summed E-state index contributed by atoms with van der Waals surface area (Å²) in [4.78, 5) is 16.3. The second-order valence-electron chi connectivity index (χ2n) is 5.87. The lowest BCUT2D eigenvalue weighted by molar-refractivity contribution is 0.0602. The first-order valence-electron chi connectivity index (χ1n) is 8.73. The first-order chi connectivity index (χ1) is 14.1. The molecular formula is C20H21N5O4.